The second-order valence-electron chi connectivity index (χ2n) is 5.35. The minimum absolute atomic E-state index is 0.112. The Hall–Kier alpha value is -1.27. The van der Waals surface area contributed by atoms with Crippen molar-refractivity contribution in [2.24, 2.45) is 0 Å². The van der Waals surface area contributed by atoms with Crippen molar-refractivity contribution in [1.82, 2.24) is 9.80 Å². The molecule has 1 saturated heterocycles. The molecule has 2 rings (SSSR count). The Morgan fingerprint density at radius 1 is 1.00 bits per heavy atom. The van der Waals surface area contributed by atoms with Gasteiger partial charge in [0.25, 0.3) is 0 Å². The summed E-state index contributed by atoms with van der Waals surface area (Å²) in [6, 6.07) is 1.47. The van der Waals surface area contributed by atoms with Gasteiger partial charge in [0.2, 0.25) is 0 Å². The number of anilines is 1. The molecule has 1 fully saturated rings. The second kappa shape index (κ2) is 6.45. The lowest BCUT2D eigenvalue weighted by Gasteiger charge is -2.36. The van der Waals surface area contributed by atoms with Crippen molar-refractivity contribution >= 4 is 5.69 Å². The number of hydrogen-bond acceptors (Lipinski definition) is 3. The number of rotatable bonds is 4. The molecule has 0 N–H and O–H groups in total. The number of halogens is 3. The van der Waals surface area contributed by atoms with Crippen LogP contribution in [0.25, 0.3) is 0 Å². The topological polar surface area (TPSA) is 9.72 Å². The van der Waals surface area contributed by atoms with Gasteiger partial charge in [0.05, 0.1) is 0 Å². The largest absolute Gasteiger partial charge is 0.364 e. The Labute approximate surface area is 117 Å². The van der Waals surface area contributed by atoms with E-state index < -0.39 is 17.5 Å². The summed E-state index contributed by atoms with van der Waals surface area (Å²) in [5.74, 6) is -2.54. The molecule has 0 aromatic heterocycles. The van der Waals surface area contributed by atoms with Crippen LogP contribution in [0.1, 0.15) is 0 Å². The molecule has 20 heavy (non-hydrogen) atoms. The van der Waals surface area contributed by atoms with Gasteiger partial charge in [-0.1, -0.05) is 0 Å². The smallest absolute Gasteiger partial charge is 0.152 e. The first kappa shape index (κ1) is 15.1. The lowest BCUT2D eigenvalue weighted by atomic mass is 10.2. The van der Waals surface area contributed by atoms with Crippen LogP contribution in [0.5, 0.6) is 0 Å². The maximum absolute atomic E-state index is 13.7. The molecule has 1 aromatic rings. The Morgan fingerprint density at radius 2 is 1.55 bits per heavy atom. The summed E-state index contributed by atoms with van der Waals surface area (Å²) in [5, 5.41) is 0. The number of benzene rings is 1. The Bertz CT molecular complexity index is 434. The summed E-state index contributed by atoms with van der Waals surface area (Å²) in [6.07, 6.45) is 0. The molecule has 112 valence electrons. The molecular weight excluding hydrogens is 267 g/mol. The monoisotopic (exact) mass is 287 g/mol. The van der Waals surface area contributed by atoms with Crippen LogP contribution in [0.3, 0.4) is 0 Å². The van der Waals surface area contributed by atoms with E-state index in [0.717, 1.165) is 38.3 Å². The molecule has 0 bridgehead atoms. The minimum atomic E-state index is -0.881. The SMILES string of the molecule is CN(C)CCN1CCN(c2c(F)cc(F)cc2F)CC1. The molecule has 0 atom stereocenters. The molecule has 6 heteroatoms. The van der Waals surface area contributed by atoms with Crippen LogP contribution in [0.2, 0.25) is 0 Å². The van der Waals surface area contributed by atoms with Crippen LogP contribution in [0, 0.1) is 17.5 Å². The van der Waals surface area contributed by atoms with E-state index in [4.69, 9.17) is 0 Å². The summed E-state index contributed by atoms with van der Waals surface area (Å²) in [5.41, 5.74) is -0.112. The fourth-order valence-electron chi connectivity index (χ4n) is 2.37. The average Bonchev–Trinajstić information content (AvgIpc) is 2.36. The van der Waals surface area contributed by atoms with E-state index in [9.17, 15) is 13.2 Å². The molecule has 1 aromatic carbocycles. The quantitative estimate of drug-likeness (QED) is 0.836. The van der Waals surface area contributed by atoms with E-state index >= 15 is 0 Å². The summed E-state index contributed by atoms with van der Waals surface area (Å²) < 4.78 is 40.3. The molecule has 1 aliphatic rings. The van der Waals surface area contributed by atoms with E-state index in [1.165, 1.54) is 0 Å². The van der Waals surface area contributed by atoms with Gasteiger partial charge < -0.3 is 9.80 Å². The molecule has 0 spiro atoms. The zero-order valence-electron chi connectivity index (χ0n) is 11.9. The highest BCUT2D eigenvalue weighted by atomic mass is 19.1. The standard InChI is InChI=1S/C14H20F3N3/c1-18(2)3-4-19-5-7-20(8-6-19)14-12(16)9-11(15)10-13(14)17/h9-10H,3-8H2,1-2H3. The van der Waals surface area contributed by atoms with Crippen molar-refractivity contribution in [3.63, 3.8) is 0 Å². The van der Waals surface area contributed by atoms with Crippen LogP contribution in [-0.4, -0.2) is 63.2 Å². The predicted octanol–water partition coefficient (Wildman–Crippen LogP) is 1.79. The summed E-state index contributed by atoms with van der Waals surface area (Å²) in [4.78, 5) is 6.01. The zero-order chi connectivity index (χ0) is 14.7. The van der Waals surface area contributed by atoms with Gasteiger partial charge >= 0.3 is 0 Å². The maximum Gasteiger partial charge on any atom is 0.152 e. The Morgan fingerprint density at radius 3 is 2.05 bits per heavy atom. The van der Waals surface area contributed by atoms with Crippen LogP contribution in [0.15, 0.2) is 12.1 Å². The summed E-state index contributed by atoms with van der Waals surface area (Å²) >= 11 is 0. The highest BCUT2D eigenvalue weighted by molar-refractivity contribution is 5.49. The van der Waals surface area contributed by atoms with Crippen LogP contribution < -0.4 is 4.90 Å². The van der Waals surface area contributed by atoms with Gasteiger partial charge in [-0.2, -0.15) is 0 Å². The predicted molar refractivity (Wildman–Crippen MR) is 73.5 cm³/mol. The van der Waals surface area contributed by atoms with E-state index in [1.807, 2.05) is 14.1 Å². The van der Waals surface area contributed by atoms with E-state index in [1.54, 1.807) is 4.90 Å². The highest BCUT2D eigenvalue weighted by Crippen LogP contribution is 2.25. The third-order valence-corrected chi connectivity index (χ3v) is 3.53. The van der Waals surface area contributed by atoms with Crippen molar-refractivity contribution in [2.75, 3.05) is 58.3 Å². The van der Waals surface area contributed by atoms with Gasteiger partial charge in [-0.3, -0.25) is 4.90 Å². The van der Waals surface area contributed by atoms with E-state index in [0.29, 0.717) is 13.1 Å². The fraction of sp³-hybridized carbons (Fsp3) is 0.571. The normalized spacial score (nSPS) is 17.0. The van der Waals surface area contributed by atoms with Gasteiger partial charge in [-0.05, 0) is 14.1 Å². The van der Waals surface area contributed by atoms with Crippen molar-refractivity contribution in [3.05, 3.63) is 29.6 Å². The molecule has 1 aliphatic heterocycles. The third-order valence-electron chi connectivity index (χ3n) is 3.53. The highest BCUT2D eigenvalue weighted by Gasteiger charge is 2.22. The van der Waals surface area contributed by atoms with E-state index in [2.05, 4.69) is 9.80 Å². The van der Waals surface area contributed by atoms with Crippen molar-refractivity contribution in [1.29, 1.82) is 0 Å². The molecule has 0 amide bonds. The molecule has 3 nitrogen and oxygen atoms in total. The third kappa shape index (κ3) is 3.64. The van der Waals surface area contributed by atoms with Crippen LogP contribution >= 0.6 is 0 Å². The minimum Gasteiger partial charge on any atom is -0.364 e. The average molecular weight is 287 g/mol. The van der Waals surface area contributed by atoms with Crippen LogP contribution in [-0.2, 0) is 0 Å². The first-order chi connectivity index (χ1) is 9.47. The van der Waals surface area contributed by atoms with Crippen molar-refractivity contribution in [3.8, 4) is 0 Å². The van der Waals surface area contributed by atoms with E-state index in [-0.39, 0.29) is 5.69 Å². The molecule has 0 saturated carbocycles. The molecular formula is C14H20F3N3. The molecule has 0 aliphatic carbocycles. The second-order valence-corrected chi connectivity index (χ2v) is 5.35. The Balaban J connectivity index is 1.97. The zero-order valence-corrected chi connectivity index (χ0v) is 11.9. The fourth-order valence-corrected chi connectivity index (χ4v) is 2.37. The first-order valence-electron chi connectivity index (χ1n) is 6.74. The number of likely N-dealkylation sites (N-methyl/N-ethyl adjacent to an activating group) is 1. The number of nitrogens with zero attached hydrogens (tertiary/aromatic N) is 3. The van der Waals surface area contributed by atoms with Gasteiger partial charge in [0.1, 0.15) is 11.5 Å². The van der Waals surface area contributed by atoms with Gasteiger partial charge in [0, 0.05) is 51.4 Å². The molecule has 1 heterocycles. The van der Waals surface area contributed by atoms with Gasteiger partial charge in [0.15, 0.2) is 11.6 Å². The summed E-state index contributed by atoms with van der Waals surface area (Å²) in [7, 11) is 4.03. The summed E-state index contributed by atoms with van der Waals surface area (Å²) in [6.45, 7) is 4.50. The lowest BCUT2D eigenvalue weighted by Crippen LogP contribution is -2.48. The van der Waals surface area contributed by atoms with Crippen molar-refractivity contribution < 1.29 is 13.2 Å². The first-order valence-corrected chi connectivity index (χ1v) is 6.74. The van der Waals surface area contributed by atoms with Crippen molar-refractivity contribution in [2.45, 2.75) is 0 Å². The maximum atomic E-state index is 13.7. The molecule has 0 radical (unpaired) electrons. The lowest BCUT2D eigenvalue weighted by molar-refractivity contribution is 0.228. The van der Waals surface area contributed by atoms with Gasteiger partial charge in [-0.15, -0.1) is 0 Å². The number of piperazine rings is 1. The van der Waals surface area contributed by atoms with Crippen LogP contribution in [0.4, 0.5) is 18.9 Å². The Kier molecular flexibility index (Phi) is 4.88. The van der Waals surface area contributed by atoms with Gasteiger partial charge in [-0.25, -0.2) is 13.2 Å². The number of hydrogen-bond donors (Lipinski definition) is 0. The molecule has 0 unspecified atom stereocenters.